The van der Waals surface area contributed by atoms with Crippen LogP contribution in [0.15, 0.2) is 65.1 Å². The summed E-state index contributed by atoms with van der Waals surface area (Å²) in [4.78, 5) is 24.4. The molecule has 164 valence electrons. The molecule has 0 amide bonds. The lowest BCUT2D eigenvalue weighted by Crippen LogP contribution is -2.33. The van der Waals surface area contributed by atoms with Crippen molar-refractivity contribution < 1.29 is 24.1 Å². The van der Waals surface area contributed by atoms with Crippen LogP contribution in [0.2, 0.25) is 0 Å². The maximum atomic E-state index is 12.6. The summed E-state index contributed by atoms with van der Waals surface area (Å²) in [6.45, 7) is 0. The van der Waals surface area contributed by atoms with Crippen molar-refractivity contribution in [3.63, 3.8) is 0 Å². The number of carboxylic acids is 1. The van der Waals surface area contributed by atoms with Crippen LogP contribution in [0.4, 0.5) is 0 Å². The van der Waals surface area contributed by atoms with Gasteiger partial charge in [-0.25, -0.2) is 9.48 Å². The van der Waals surface area contributed by atoms with Crippen molar-refractivity contribution in [2.45, 2.75) is 57.4 Å². The van der Waals surface area contributed by atoms with Crippen molar-refractivity contribution in [2.75, 3.05) is 0 Å². The highest BCUT2D eigenvalue weighted by Crippen LogP contribution is 2.30. The minimum atomic E-state index is -1.05. The van der Waals surface area contributed by atoms with Crippen LogP contribution in [-0.2, 0) is 14.3 Å². The third-order valence-electron chi connectivity index (χ3n) is 5.78. The Labute approximate surface area is 180 Å². The first-order chi connectivity index (χ1) is 15.1. The summed E-state index contributed by atoms with van der Waals surface area (Å²) >= 11 is 0. The number of carbonyl (C=O) groups is 1. The van der Waals surface area contributed by atoms with Gasteiger partial charge in [0.15, 0.2) is 23.8 Å². The molecule has 31 heavy (non-hydrogen) atoms. The zero-order valence-corrected chi connectivity index (χ0v) is 17.2. The summed E-state index contributed by atoms with van der Waals surface area (Å²) in [7, 11) is 0. The van der Waals surface area contributed by atoms with Crippen LogP contribution in [-0.4, -0.2) is 20.9 Å². The van der Waals surface area contributed by atoms with Crippen LogP contribution in [0, 0.1) is 5.92 Å². The Kier molecular flexibility index (Phi) is 6.54. The fraction of sp³-hybridized carbons (Fsp3) is 0.435. The third-order valence-corrected chi connectivity index (χ3v) is 5.78. The second-order valence-electron chi connectivity index (χ2n) is 7.98. The van der Waals surface area contributed by atoms with E-state index in [0.717, 1.165) is 48.8 Å². The number of ether oxygens (including phenoxy) is 3. The maximum Gasteiger partial charge on any atom is 0.328 e. The Morgan fingerprint density at radius 3 is 2.74 bits per heavy atom. The predicted molar refractivity (Wildman–Crippen MR) is 112 cm³/mol. The number of hydrogen-bond donors (Lipinski definition) is 1. The molecule has 0 aromatic carbocycles. The van der Waals surface area contributed by atoms with E-state index in [1.165, 1.54) is 31.2 Å². The van der Waals surface area contributed by atoms with E-state index in [4.69, 9.17) is 14.2 Å². The molecule has 1 unspecified atom stereocenters. The molecule has 1 saturated carbocycles. The second-order valence-corrected chi connectivity index (χ2v) is 7.98. The Morgan fingerprint density at radius 2 is 2.10 bits per heavy atom. The molecule has 8 nitrogen and oxygen atoms in total. The zero-order chi connectivity index (χ0) is 21.6. The molecule has 0 radical (unpaired) electrons. The van der Waals surface area contributed by atoms with Crippen LogP contribution < -0.4 is 10.3 Å². The molecule has 0 spiro atoms. The average molecular weight is 426 g/mol. The van der Waals surface area contributed by atoms with Gasteiger partial charge in [0, 0.05) is 6.07 Å². The Morgan fingerprint density at radius 1 is 1.26 bits per heavy atom. The summed E-state index contributed by atoms with van der Waals surface area (Å²) in [6.07, 6.45) is 17.7. The van der Waals surface area contributed by atoms with Crippen LogP contribution in [0.3, 0.4) is 0 Å². The first-order valence-electron chi connectivity index (χ1n) is 10.7. The maximum absolute atomic E-state index is 12.6. The fourth-order valence-corrected chi connectivity index (χ4v) is 4.14. The van der Waals surface area contributed by atoms with E-state index >= 15 is 0 Å². The summed E-state index contributed by atoms with van der Waals surface area (Å²) in [5, 5.41) is 13.7. The summed E-state index contributed by atoms with van der Waals surface area (Å²) in [5.41, 5.74) is 0.494. The highest BCUT2D eigenvalue weighted by molar-refractivity contribution is 5.71. The normalized spacial score (nSPS) is 19.9. The standard InChI is InChI=1S/C23H26N2O6/c26-21-12-18(31-22-15-29-20(14-30-22)17-9-5-2-6-10-17)13-24-25(21)19(23(27)28)11-16-7-3-1-4-8-16/h2,5,9,12-16,19H,1,3-4,6-8,10-11H2,(H,27,28). The largest absolute Gasteiger partial charge is 0.480 e. The first-order valence-corrected chi connectivity index (χ1v) is 10.7. The Hall–Kier alpha value is -3.29. The van der Waals surface area contributed by atoms with E-state index < -0.39 is 17.6 Å². The quantitative estimate of drug-likeness (QED) is 0.698. The fourth-order valence-electron chi connectivity index (χ4n) is 4.14. The number of aromatic nitrogens is 2. The van der Waals surface area contributed by atoms with E-state index in [1.54, 1.807) is 0 Å². The SMILES string of the molecule is O=C(O)C(CC1CCCCC1)n1ncc(OC2=COC(C3=CC=CCC3)=CO2)cc1=O. The lowest BCUT2D eigenvalue weighted by Gasteiger charge is -2.25. The van der Waals surface area contributed by atoms with Crippen molar-refractivity contribution in [1.29, 1.82) is 0 Å². The molecule has 1 fully saturated rings. The van der Waals surface area contributed by atoms with Crippen LogP contribution in [0.5, 0.6) is 5.75 Å². The molecule has 4 rings (SSSR count). The lowest BCUT2D eigenvalue weighted by atomic mass is 9.85. The molecular formula is C23H26N2O6. The molecule has 1 aromatic heterocycles. The van der Waals surface area contributed by atoms with E-state index in [9.17, 15) is 14.7 Å². The lowest BCUT2D eigenvalue weighted by molar-refractivity contribution is -0.142. The van der Waals surface area contributed by atoms with Crippen molar-refractivity contribution >= 4 is 5.97 Å². The van der Waals surface area contributed by atoms with E-state index in [-0.39, 0.29) is 11.7 Å². The highest BCUT2D eigenvalue weighted by atomic mass is 16.7. The van der Waals surface area contributed by atoms with Gasteiger partial charge in [-0.1, -0.05) is 50.3 Å². The van der Waals surface area contributed by atoms with E-state index in [1.807, 2.05) is 12.2 Å². The van der Waals surface area contributed by atoms with Gasteiger partial charge in [0.05, 0.1) is 6.20 Å². The Bertz CT molecular complexity index is 998. The number of hydrogen-bond acceptors (Lipinski definition) is 6. The molecule has 2 heterocycles. The van der Waals surface area contributed by atoms with Gasteiger partial charge in [0.1, 0.15) is 6.26 Å². The van der Waals surface area contributed by atoms with Gasteiger partial charge in [0.2, 0.25) is 0 Å². The molecule has 2 aliphatic carbocycles. The number of aliphatic carboxylic acids is 1. The number of allylic oxidation sites excluding steroid dienone is 4. The molecule has 1 N–H and O–H groups in total. The number of carboxylic acid groups (broad SMARTS) is 1. The third kappa shape index (κ3) is 5.25. The van der Waals surface area contributed by atoms with Gasteiger partial charge in [-0.05, 0) is 30.8 Å². The van der Waals surface area contributed by atoms with Gasteiger partial charge in [-0.2, -0.15) is 5.10 Å². The van der Waals surface area contributed by atoms with Gasteiger partial charge in [-0.15, -0.1) is 0 Å². The molecule has 3 aliphatic rings. The summed E-state index contributed by atoms with van der Waals surface area (Å²) in [6, 6.07) is 0.225. The summed E-state index contributed by atoms with van der Waals surface area (Å²) < 4.78 is 17.6. The molecule has 8 heteroatoms. The van der Waals surface area contributed by atoms with Gasteiger partial charge < -0.3 is 19.3 Å². The molecular weight excluding hydrogens is 400 g/mol. The van der Waals surface area contributed by atoms with Gasteiger partial charge in [-0.3, -0.25) is 4.79 Å². The van der Waals surface area contributed by atoms with E-state index in [0.29, 0.717) is 18.1 Å². The number of nitrogens with zero attached hydrogens (tertiary/aromatic N) is 2. The van der Waals surface area contributed by atoms with Crippen LogP contribution >= 0.6 is 0 Å². The molecule has 1 atom stereocenters. The van der Waals surface area contributed by atoms with Crippen molar-refractivity contribution in [1.82, 2.24) is 9.78 Å². The van der Waals surface area contributed by atoms with Crippen LogP contribution in [0.25, 0.3) is 0 Å². The van der Waals surface area contributed by atoms with Gasteiger partial charge >= 0.3 is 11.9 Å². The number of rotatable bonds is 7. The second kappa shape index (κ2) is 9.68. The highest BCUT2D eigenvalue weighted by Gasteiger charge is 2.27. The van der Waals surface area contributed by atoms with E-state index in [2.05, 4.69) is 11.2 Å². The average Bonchev–Trinajstić information content (AvgIpc) is 2.80. The minimum absolute atomic E-state index is 0.0617. The first kappa shape index (κ1) is 21.0. The Balaban J connectivity index is 1.41. The molecule has 0 bridgehead atoms. The predicted octanol–water partition coefficient (Wildman–Crippen LogP) is 4.18. The zero-order valence-electron chi connectivity index (χ0n) is 17.2. The topological polar surface area (TPSA) is 99.9 Å². The monoisotopic (exact) mass is 426 g/mol. The van der Waals surface area contributed by atoms with Gasteiger partial charge in [0.25, 0.3) is 5.56 Å². The molecule has 1 aromatic rings. The summed E-state index contributed by atoms with van der Waals surface area (Å²) in [5.74, 6) is 0.0664. The van der Waals surface area contributed by atoms with Crippen molar-refractivity contribution in [2.24, 2.45) is 5.92 Å². The van der Waals surface area contributed by atoms with Crippen LogP contribution in [0.1, 0.15) is 57.4 Å². The van der Waals surface area contributed by atoms with Crippen molar-refractivity contribution in [3.05, 3.63) is 70.6 Å². The minimum Gasteiger partial charge on any atom is -0.480 e. The molecule has 1 aliphatic heterocycles. The molecule has 0 saturated heterocycles. The van der Waals surface area contributed by atoms with Crippen molar-refractivity contribution in [3.8, 4) is 5.75 Å². The smallest absolute Gasteiger partial charge is 0.328 e.